The summed E-state index contributed by atoms with van der Waals surface area (Å²) in [5.41, 5.74) is 1.63. The van der Waals surface area contributed by atoms with Gasteiger partial charge in [-0.15, -0.1) is 0 Å². The van der Waals surface area contributed by atoms with Gasteiger partial charge in [0.1, 0.15) is 6.04 Å². The Morgan fingerprint density at radius 1 is 1.23 bits per heavy atom. The maximum absolute atomic E-state index is 13.0. The molecule has 0 aromatic heterocycles. The molecule has 30 heavy (non-hydrogen) atoms. The summed E-state index contributed by atoms with van der Waals surface area (Å²) in [4.78, 5) is 26.6. The van der Waals surface area contributed by atoms with Gasteiger partial charge in [0.15, 0.2) is 0 Å². The summed E-state index contributed by atoms with van der Waals surface area (Å²) >= 11 is 6.03. The first-order valence-electron chi connectivity index (χ1n) is 9.67. The fraction of sp³-hybridized carbons (Fsp3) is 0.333. The Labute approximate surface area is 181 Å². The molecule has 1 aliphatic heterocycles. The van der Waals surface area contributed by atoms with Gasteiger partial charge in [-0.3, -0.25) is 13.9 Å². The van der Waals surface area contributed by atoms with E-state index >= 15 is 0 Å². The minimum Gasteiger partial charge on any atom is -0.324 e. The van der Waals surface area contributed by atoms with Crippen LogP contribution in [0.2, 0.25) is 5.02 Å². The van der Waals surface area contributed by atoms with Crippen LogP contribution in [0.5, 0.6) is 0 Å². The van der Waals surface area contributed by atoms with E-state index in [2.05, 4.69) is 5.32 Å². The maximum Gasteiger partial charge on any atom is 0.248 e. The number of hydrogen-bond donors (Lipinski definition) is 1. The Kier molecular flexibility index (Phi) is 6.67. The van der Waals surface area contributed by atoms with Crippen molar-refractivity contribution in [2.45, 2.75) is 32.2 Å². The van der Waals surface area contributed by atoms with Gasteiger partial charge in [0.05, 0.1) is 11.9 Å². The molecular formula is C21H24ClN3O4S. The van der Waals surface area contributed by atoms with Crippen molar-refractivity contribution >= 4 is 50.5 Å². The second-order valence-corrected chi connectivity index (χ2v) is 9.44. The van der Waals surface area contributed by atoms with E-state index < -0.39 is 22.0 Å². The second kappa shape index (κ2) is 9.06. The van der Waals surface area contributed by atoms with Crippen molar-refractivity contribution in [3.05, 3.63) is 53.6 Å². The lowest BCUT2D eigenvalue weighted by Crippen LogP contribution is -2.47. The van der Waals surface area contributed by atoms with E-state index in [0.717, 1.165) is 22.7 Å². The third-order valence-electron chi connectivity index (χ3n) is 4.91. The van der Waals surface area contributed by atoms with Gasteiger partial charge >= 0.3 is 0 Å². The molecule has 160 valence electrons. The number of hydrogen-bond acceptors (Lipinski definition) is 4. The minimum atomic E-state index is -3.74. The molecule has 0 bridgehead atoms. The lowest BCUT2D eigenvalue weighted by molar-refractivity contribution is -0.118. The third-order valence-corrected chi connectivity index (χ3v) is 6.33. The maximum atomic E-state index is 13.0. The monoisotopic (exact) mass is 449 g/mol. The van der Waals surface area contributed by atoms with E-state index in [0.29, 0.717) is 29.4 Å². The highest BCUT2D eigenvalue weighted by atomic mass is 35.5. The average molecular weight is 450 g/mol. The van der Waals surface area contributed by atoms with Crippen LogP contribution in [-0.4, -0.2) is 39.1 Å². The van der Waals surface area contributed by atoms with E-state index in [1.165, 1.54) is 6.07 Å². The molecule has 2 aromatic rings. The van der Waals surface area contributed by atoms with Crippen molar-refractivity contribution < 1.29 is 18.0 Å². The number of halogens is 1. The lowest BCUT2D eigenvalue weighted by Gasteiger charge is -2.30. The molecule has 1 heterocycles. The predicted octanol–water partition coefficient (Wildman–Crippen LogP) is 3.65. The molecule has 1 N–H and O–H groups in total. The Morgan fingerprint density at radius 3 is 2.47 bits per heavy atom. The molecule has 2 aromatic carbocycles. The molecule has 0 saturated carbocycles. The molecule has 0 spiro atoms. The summed E-state index contributed by atoms with van der Waals surface area (Å²) in [5, 5.41) is 3.16. The molecule has 0 radical (unpaired) electrons. The molecule has 1 atom stereocenters. The fourth-order valence-electron chi connectivity index (χ4n) is 3.54. The molecule has 7 nitrogen and oxygen atoms in total. The van der Waals surface area contributed by atoms with Crippen molar-refractivity contribution in [3.63, 3.8) is 0 Å². The topological polar surface area (TPSA) is 86.8 Å². The van der Waals surface area contributed by atoms with E-state index in [4.69, 9.17) is 11.6 Å². The van der Waals surface area contributed by atoms with Crippen molar-refractivity contribution in [1.82, 2.24) is 0 Å². The first kappa shape index (κ1) is 22.1. The highest BCUT2D eigenvalue weighted by Gasteiger charge is 2.31. The largest absolute Gasteiger partial charge is 0.324 e. The molecule has 0 aliphatic carbocycles. The van der Waals surface area contributed by atoms with Gasteiger partial charge in [0.2, 0.25) is 21.8 Å². The summed E-state index contributed by atoms with van der Waals surface area (Å²) in [6.07, 6.45) is 2.71. The molecule has 1 aliphatic rings. The normalized spacial score (nSPS) is 15.2. The molecule has 1 fully saturated rings. The quantitative estimate of drug-likeness (QED) is 0.698. The predicted molar refractivity (Wildman–Crippen MR) is 120 cm³/mol. The number of rotatable bonds is 7. The van der Waals surface area contributed by atoms with Crippen molar-refractivity contribution in [2.75, 3.05) is 27.3 Å². The van der Waals surface area contributed by atoms with Crippen LogP contribution in [0.15, 0.2) is 48.5 Å². The van der Waals surface area contributed by atoms with E-state index in [9.17, 15) is 18.0 Å². The second-order valence-electron chi connectivity index (χ2n) is 7.15. The summed E-state index contributed by atoms with van der Waals surface area (Å²) in [5.74, 6) is -0.365. The van der Waals surface area contributed by atoms with E-state index in [1.54, 1.807) is 54.3 Å². The average Bonchev–Trinajstić information content (AvgIpc) is 3.11. The van der Waals surface area contributed by atoms with Gasteiger partial charge in [0, 0.05) is 29.4 Å². The van der Waals surface area contributed by atoms with Gasteiger partial charge < -0.3 is 10.2 Å². The molecular weight excluding hydrogens is 426 g/mol. The Balaban J connectivity index is 1.81. The number of carbonyl (C=O) groups excluding carboxylic acids is 2. The van der Waals surface area contributed by atoms with Crippen LogP contribution in [0.1, 0.15) is 26.2 Å². The number of nitrogens with zero attached hydrogens (tertiary/aromatic N) is 2. The summed E-state index contributed by atoms with van der Waals surface area (Å²) < 4.78 is 26.1. The lowest BCUT2D eigenvalue weighted by atomic mass is 10.1. The van der Waals surface area contributed by atoms with Crippen molar-refractivity contribution in [3.8, 4) is 0 Å². The molecule has 9 heteroatoms. The highest BCUT2D eigenvalue weighted by molar-refractivity contribution is 7.92. The molecule has 1 saturated heterocycles. The van der Waals surface area contributed by atoms with Crippen molar-refractivity contribution in [2.24, 2.45) is 0 Å². The van der Waals surface area contributed by atoms with Crippen LogP contribution in [0, 0.1) is 0 Å². The fourth-order valence-corrected chi connectivity index (χ4v) is 4.93. The van der Waals surface area contributed by atoms with Gasteiger partial charge in [0.25, 0.3) is 0 Å². The summed E-state index contributed by atoms with van der Waals surface area (Å²) in [6.45, 7) is 2.43. The standard InChI is InChI=1S/C21H24ClN3O4S/c1-3-19(25(30(2,28)29)18-7-4-6-15(22)14-18)21(27)23-16-9-11-17(12-10-16)24-13-5-8-20(24)26/h4,6-7,9-12,14,19H,3,5,8,13H2,1-2H3,(H,23,27). The SMILES string of the molecule is CCC(C(=O)Nc1ccc(N2CCCC2=O)cc1)N(c1cccc(Cl)c1)S(C)(=O)=O. The Hall–Kier alpha value is -2.58. The summed E-state index contributed by atoms with van der Waals surface area (Å²) in [7, 11) is -3.74. The van der Waals surface area contributed by atoms with Gasteiger partial charge in [-0.05, 0) is 55.3 Å². The first-order chi connectivity index (χ1) is 14.2. The first-order valence-corrected chi connectivity index (χ1v) is 11.9. The number of nitrogens with one attached hydrogen (secondary N) is 1. The number of carbonyl (C=O) groups is 2. The zero-order chi connectivity index (χ0) is 21.9. The van der Waals surface area contributed by atoms with Gasteiger partial charge in [-0.1, -0.05) is 24.6 Å². The zero-order valence-corrected chi connectivity index (χ0v) is 18.4. The van der Waals surface area contributed by atoms with Crippen LogP contribution in [-0.2, 0) is 19.6 Å². The number of amides is 2. The summed E-state index contributed by atoms with van der Waals surface area (Å²) in [6, 6.07) is 12.4. The van der Waals surface area contributed by atoms with Gasteiger partial charge in [-0.2, -0.15) is 0 Å². The molecule has 1 unspecified atom stereocenters. The van der Waals surface area contributed by atoms with Crippen LogP contribution in [0.25, 0.3) is 0 Å². The smallest absolute Gasteiger partial charge is 0.248 e. The third kappa shape index (κ3) is 4.94. The number of anilines is 3. The highest BCUT2D eigenvalue weighted by Crippen LogP contribution is 2.27. The zero-order valence-electron chi connectivity index (χ0n) is 16.8. The van der Waals surface area contributed by atoms with Crippen molar-refractivity contribution in [1.29, 1.82) is 0 Å². The number of sulfonamides is 1. The van der Waals surface area contributed by atoms with E-state index in [-0.39, 0.29) is 12.3 Å². The molecule has 3 rings (SSSR count). The van der Waals surface area contributed by atoms with Gasteiger partial charge in [-0.25, -0.2) is 8.42 Å². The van der Waals surface area contributed by atoms with Crippen LogP contribution >= 0.6 is 11.6 Å². The Bertz CT molecular complexity index is 1040. The Morgan fingerprint density at radius 2 is 1.93 bits per heavy atom. The number of benzene rings is 2. The van der Waals surface area contributed by atoms with Crippen LogP contribution < -0.4 is 14.5 Å². The van der Waals surface area contributed by atoms with Crippen LogP contribution in [0.3, 0.4) is 0 Å². The van der Waals surface area contributed by atoms with E-state index in [1.807, 2.05) is 0 Å². The molecule has 2 amide bonds. The van der Waals surface area contributed by atoms with Crippen LogP contribution in [0.4, 0.5) is 17.1 Å². The minimum absolute atomic E-state index is 0.0862.